The molecule has 1 N–H and O–H groups in total. The molecular weight excluding hydrogens is 370 g/mol. The third kappa shape index (κ3) is 5.07. The highest BCUT2D eigenvalue weighted by Crippen LogP contribution is 2.22. The Hall–Kier alpha value is -2.32. The number of hydrogen-bond acceptors (Lipinski definition) is 6. The Labute approximate surface area is 149 Å². The zero-order valence-electron chi connectivity index (χ0n) is 13.5. The number of hydrogen-bond donors (Lipinski definition) is 1. The fraction of sp³-hybridized carbons (Fsp3) is 0.250. The summed E-state index contributed by atoms with van der Waals surface area (Å²) in [6.45, 7) is 1.54. The van der Waals surface area contributed by atoms with Gasteiger partial charge in [-0.05, 0) is 37.3 Å². The van der Waals surface area contributed by atoms with E-state index in [4.69, 9.17) is 20.8 Å². The molecule has 0 saturated carbocycles. The molecule has 2 aromatic rings. The van der Waals surface area contributed by atoms with E-state index in [0.717, 1.165) is 12.3 Å². The van der Waals surface area contributed by atoms with E-state index in [1.54, 1.807) is 12.1 Å². The Morgan fingerprint density at radius 1 is 1.32 bits per heavy atom. The molecule has 0 aliphatic rings. The molecule has 0 bridgehead atoms. The fourth-order valence-corrected chi connectivity index (χ4v) is 2.74. The van der Waals surface area contributed by atoms with E-state index in [-0.39, 0.29) is 22.0 Å². The number of sulfone groups is 1. The molecule has 1 amide bonds. The normalized spacial score (nSPS) is 12.4. The van der Waals surface area contributed by atoms with Crippen molar-refractivity contribution in [2.75, 3.05) is 6.26 Å². The van der Waals surface area contributed by atoms with Gasteiger partial charge in [0, 0.05) is 6.26 Å². The van der Waals surface area contributed by atoms with Gasteiger partial charge in [0.2, 0.25) is 0 Å². The first-order valence-electron chi connectivity index (χ1n) is 7.19. The quantitative estimate of drug-likeness (QED) is 0.764. The lowest BCUT2D eigenvalue weighted by Crippen LogP contribution is -2.35. The lowest BCUT2D eigenvalue weighted by Gasteiger charge is -2.14. The zero-order valence-corrected chi connectivity index (χ0v) is 15.1. The standard InChI is InChI=1S/C16H16ClNO6S/c1-10(15(19)18-9-11-4-3-7-23-11)24-16(20)13-8-12(25(2,21)22)5-6-14(13)17/h3-8,10H,9H2,1-2H3,(H,18,19). The molecule has 0 fully saturated rings. The third-order valence-electron chi connectivity index (χ3n) is 3.26. The average Bonchev–Trinajstić information content (AvgIpc) is 3.05. The highest BCUT2D eigenvalue weighted by atomic mass is 35.5. The van der Waals surface area contributed by atoms with E-state index in [9.17, 15) is 18.0 Å². The number of ether oxygens (including phenoxy) is 1. The summed E-state index contributed by atoms with van der Waals surface area (Å²) >= 11 is 5.92. The van der Waals surface area contributed by atoms with Crippen LogP contribution in [0.25, 0.3) is 0 Å². The maximum Gasteiger partial charge on any atom is 0.340 e. The lowest BCUT2D eigenvalue weighted by atomic mass is 10.2. The van der Waals surface area contributed by atoms with Crippen molar-refractivity contribution in [1.29, 1.82) is 0 Å². The molecule has 0 spiro atoms. The molecule has 7 nitrogen and oxygen atoms in total. The first-order chi connectivity index (χ1) is 11.7. The number of rotatable bonds is 6. The molecule has 134 valence electrons. The number of carbonyl (C=O) groups is 2. The molecule has 1 aromatic carbocycles. The Kier molecular flexibility index (Phi) is 5.86. The summed E-state index contributed by atoms with van der Waals surface area (Å²) < 4.78 is 33.3. The molecule has 0 saturated heterocycles. The highest BCUT2D eigenvalue weighted by molar-refractivity contribution is 7.90. The van der Waals surface area contributed by atoms with E-state index in [1.807, 2.05) is 0 Å². The van der Waals surface area contributed by atoms with Gasteiger partial charge in [-0.25, -0.2) is 13.2 Å². The molecule has 0 radical (unpaired) electrons. The second-order valence-electron chi connectivity index (χ2n) is 5.26. The van der Waals surface area contributed by atoms with Gasteiger partial charge >= 0.3 is 5.97 Å². The van der Waals surface area contributed by atoms with Gasteiger partial charge in [-0.3, -0.25) is 4.79 Å². The fourth-order valence-electron chi connectivity index (χ4n) is 1.90. The van der Waals surface area contributed by atoms with Gasteiger partial charge in [-0.1, -0.05) is 11.6 Å². The summed E-state index contributed by atoms with van der Waals surface area (Å²) in [5.41, 5.74) is -0.129. The minimum absolute atomic E-state index is 0.0283. The second kappa shape index (κ2) is 7.71. The summed E-state index contributed by atoms with van der Waals surface area (Å²) in [6, 6.07) is 7.06. The zero-order chi connectivity index (χ0) is 18.6. The Balaban J connectivity index is 2.04. The van der Waals surface area contributed by atoms with Crippen LogP contribution in [0.2, 0.25) is 5.02 Å². The Morgan fingerprint density at radius 3 is 2.64 bits per heavy atom. The van der Waals surface area contributed by atoms with Crippen LogP contribution in [-0.4, -0.2) is 32.7 Å². The molecule has 1 unspecified atom stereocenters. The number of amides is 1. The number of furan rings is 1. The van der Waals surface area contributed by atoms with Crippen LogP contribution in [0, 0.1) is 0 Å². The number of halogens is 1. The second-order valence-corrected chi connectivity index (χ2v) is 7.68. The van der Waals surface area contributed by atoms with Crippen molar-refractivity contribution >= 4 is 33.3 Å². The van der Waals surface area contributed by atoms with Gasteiger partial charge in [-0.15, -0.1) is 0 Å². The first-order valence-corrected chi connectivity index (χ1v) is 9.46. The summed E-state index contributed by atoms with van der Waals surface area (Å²) in [5.74, 6) is -0.868. The van der Waals surface area contributed by atoms with Crippen molar-refractivity contribution in [2.24, 2.45) is 0 Å². The SMILES string of the molecule is CC(OC(=O)c1cc(S(C)(=O)=O)ccc1Cl)C(=O)NCc1ccco1. The molecule has 1 heterocycles. The molecule has 9 heteroatoms. The molecule has 1 aromatic heterocycles. The van der Waals surface area contributed by atoms with Crippen LogP contribution < -0.4 is 5.32 Å². The summed E-state index contributed by atoms with van der Waals surface area (Å²) in [5, 5.41) is 2.58. The van der Waals surface area contributed by atoms with Gasteiger partial charge in [0.25, 0.3) is 5.91 Å². The minimum atomic E-state index is -3.51. The van der Waals surface area contributed by atoms with Crippen LogP contribution in [0.5, 0.6) is 0 Å². The number of nitrogens with one attached hydrogen (secondary N) is 1. The average molecular weight is 386 g/mol. The topological polar surface area (TPSA) is 103 Å². The van der Waals surface area contributed by atoms with E-state index in [2.05, 4.69) is 5.32 Å². The van der Waals surface area contributed by atoms with Gasteiger partial charge in [0.1, 0.15) is 5.76 Å². The number of carbonyl (C=O) groups excluding carboxylic acids is 2. The smallest absolute Gasteiger partial charge is 0.340 e. The Bertz CT molecular complexity index is 876. The van der Waals surface area contributed by atoms with Crippen molar-refractivity contribution in [1.82, 2.24) is 5.32 Å². The van der Waals surface area contributed by atoms with Gasteiger partial charge < -0.3 is 14.5 Å². The van der Waals surface area contributed by atoms with Crippen LogP contribution in [0.1, 0.15) is 23.0 Å². The third-order valence-corrected chi connectivity index (χ3v) is 4.70. The Morgan fingerprint density at radius 2 is 2.04 bits per heavy atom. The minimum Gasteiger partial charge on any atom is -0.467 e. The molecule has 25 heavy (non-hydrogen) atoms. The van der Waals surface area contributed by atoms with Gasteiger partial charge in [-0.2, -0.15) is 0 Å². The molecular formula is C16H16ClNO6S. The van der Waals surface area contributed by atoms with E-state index < -0.39 is 27.8 Å². The van der Waals surface area contributed by atoms with E-state index in [1.165, 1.54) is 25.3 Å². The predicted octanol–water partition coefficient (Wildman–Crippen LogP) is 2.20. The summed E-state index contributed by atoms with van der Waals surface area (Å²) in [4.78, 5) is 24.1. The number of esters is 1. The van der Waals surface area contributed by atoms with Crippen LogP contribution in [0.15, 0.2) is 45.9 Å². The largest absolute Gasteiger partial charge is 0.467 e. The summed E-state index contributed by atoms with van der Waals surface area (Å²) in [7, 11) is -3.51. The van der Waals surface area contributed by atoms with Gasteiger partial charge in [0.15, 0.2) is 15.9 Å². The van der Waals surface area contributed by atoms with Crippen LogP contribution >= 0.6 is 11.6 Å². The van der Waals surface area contributed by atoms with E-state index in [0.29, 0.717) is 5.76 Å². The van der Waals surface area contributed by atoms with Gasteiger partial charge in [0.05, 0.1) is 28.3 Å². The molecule has 0 aliphatic carbocycles. The van der Waals surface area contributed by atoms with Crippen LogP contribution in [0.3, 0.4) is 0 Å². The van der Waals surface area contributed by atoms with Crippen molar-refractivity contribution < 1.29 is 27.2 Å². The lowest BCUT2D eigenvalue weighted by molar-refractivity contribution is -0.129. The maximum absolute atomic E-state index is 12.2. The van der Waals surface area contributed by atoms with Crippen molar-refractivity contribution in [2.45, 2.75) is 24.5 Å². The monoisotopic (exact) mass is 385 g/mol. The van der Waals surface area contributed by atoms with Crippen molar-refractivity contribution in [3.05, 3.63) is 52.9 Å². The highest BCUT2D eigenvalue weighted by Gasteiger charge is 2.22. The van der Waals surface area contributed by atoms with E-state index >= 15 is 0 Å². The molecule has 0 aliphatic heterocycles. The molecule has 2 rings (SSSR count). The predicted molar refractivity (Wildman–Crippen MR) is 90.0 cm³/mol. The maximum atomic E-state index is 12.2. The van der Waals surface area contributed by atoms with Crippen molar-refractivity contribution in [3.8, 4) is 0 Å². The first kappa shape index (κ1) is 19.0. The van der Waals surface area contributed by atoms with Crippen LogP contribution in [-0.2, 0) is 25.9 Å². The van der Waals surface area contributed by atoms with Crippen LogP contribution in [0.4, 0.5) is 0 Å². The number of benzene rings is 1. The summed E-state index contributed by atoms with van der Waals surface area (Å²) in [6.07, 6.45) is 1.39. The van der Waals surface area contributed by atoms with Crippen molar-refractivity contribution in [3.63, 3.8) is 0 Å². The molecule has 1 atom stereocenters.